The molecule has 110 valence electrons. The van der Waals surface area contributed by atoms with Gasteiger partial charge in [-0.15, -0.1) is 11.3 Å². The van der Waals surface area contributed by atoms with Gasteiger partial charge in [-0.1, -0.05) is 13.8 Å². The van der Waals surface area contributed by atoms with Crippen LogP contribution in [0.3, 0.4) is 0 Å². The number of amides is 1. The van der Waals surface area contributed by atoms with Crippen molar-refractivity contribution in [2.24, 2.45) is 12.8 Å². The number of nitrogens with zero attached hydrogens (tertiary/aromatic N) is 2. The van der Waals surface area contributed by atoms with Crippen molar-refractivity contribution in [2.75, 3.05) is 13.1 Å². The second kappa shape index (κ2) is 6.37. The van der Waals surface area contributed by atoms with E-state index >= 15 is 0 Å². The number of thiophene rings is 1. The van der Waals surface area contributed by atoms with Crippen molar-refractivity contribution in [3.05, 3.63) is 16.6 Å². The van der Waals surface area contributed by atoms with E-state index in [4.69, 9.17) is 5.73 Å². The first kappa shape index (κ1) is 15.0. The molecule has 2 rings (SSSR count). The van der Waals surface area contributed by atoms with Gasteiger partial charge in [-0.2, -0.15) is 5.10 Å². The molecule has 0 saturated heterocycles. The SMILES string of the molecule is CC(C)c1nn(C)c2sc(C(=O)NCCCCN)cc12. The monoisotopic (exact) mass is 294 g/mol. The minimum absolute atomic E-state index is 0.00192. The lowest BCUT2D eigenvalue weighted by Crippen LogP contribution is -2.24. The van der Waals surface area contributed by atoms with Crippen LogP contribution in [0.1, 0.15) is 48.0 Å². The highest BCUT2D eigenvalue weighted by Gasteiger charge is 2.18. The third-order valence-corrected chi connectivity index (χ3v) is 4.43. The van der Waals surface area contributed by atoms with Gasteiger partial charge >= 0.3 is 0 Å². The van der Waals surface area contributed by atoms with Crippen molar-refractivity contribution in [3.8, 4) is 0 Å². The molecule has 2 aromatic rings. The molecule has 0 aliphatic heterocycles. The number of hydrogen-bond acceptors (Lipinski definition) is 4. The fraction of sp³-hybridized carbons (Fsp3) is 0.571. The van der Waals surface area contributed by atoms with Crippen LogP contribution in [-0.4, -0.2) is 28.8 Å². The van der Waals surface area contributed by atoms with Gasteiger partial charge in [0.2, 0.25) is 0 Å². The number of nitrogens with two attached hydrogens (primary N) is 1. The lowest BCUT2D eigenvalue weighted by Gasteiger charge is -2.02. The van der Waals surface area contributed by atoms with Crippen molar-refractivity contribution in [1.29, 1.82) is 0 Å². The molecule has 0 unspecified atom stereocenters. The van der Waals surface area contributed by atoms with Crippen LogP contribution in [0, 0.1) is 0 Å². The van der Waals surface area contributed by atoms with Crippen molar-refractivity contribution in [2.45, 2.75) is 32.6 Å². The number of aromatic nitrogens is 2. The number of nitrogens with one attached hydrogen (secondary N) is 1. The molecule has 2 aromatic heterocycles. The van der Waals surface area contributed by atoms with Gasteiger partial charge < -0.3 is 11.1 Å². The molecular weight excluding hydrogens is 272 g/mol. The van der Waals surface area contributed by atoms with Crippen molar-refractivity contribution < 1.29 is 4.79 Å². The normalized spacial score (nSPS) is 11.4. The van der Waals surface area contributed by atoms with Crippen molar-refractivity contribution in [3.63, 3.8) is 0 Å². The van der Waals surface area contributed by atoms with Crippen LogP contribution in [0.25, 0.3) is 10.2 Å². The van der Waals surface area contributed by atoms with Crippen LogP contribution in [0.2, 0.25) is 0 Å². The molecule has 0 aliphatic carbocycles. The van der Waals surface area contributed by atoms with Gasteiger partial charge in [0.15, 0.2) is 0 Å². The first-order valence-electron chi connectivity index (χ1n) is 6.99. The number of carbonyl (C=O) groups excluding carboxylic acids is 1. The summed E-state index contributed by atoms with van der Waals surface area (Å²) >= 11 is 1.50. The molecule has 20 heavy (non-hydrogen) atoms. The molecule has 0 fully saturated rings. The van der Waals surface area contributed by atoms with Crippen LogP contribution >= 0.6 is 11.3 Å². The summed E-state index contributed by atoms with van der Waals surface area (Å²) in [6, 6.07) is 1.96. The molecule has 0 atom stereocenters. The molecule has 0 spiro atoms. The maximum absolute atomic E-state index is 12.1. The van der Waals surface area contributed by atoms with Gasteiger partial charge in [0.05, 0.1) is 10.6 Å². The summed E-state index contributed by atoms with van der Waals surface area (Å²) in [6.07, 6.45) is 1.86. The van der Waals surface area contributed by atoms with Gasteiger partial charge in [0.1, 0.15) is 4.83 Å². The highest BCUT2D eigenvalue weighted by atomic mass is 32.1. The van der Waals surface area contributed by atoms with Crippen LogP contribution < -0.4 is 11.1 Å². The molecule has 0 aliphatic rings. The summed E-state index contributed by atoms with van der Waals surface area (Å²) < 4.78 is 1.86. The summed E-state index contributed by atoms with van der Waals surface area (Å²) in [7, 11) is 1.92. The topological polar surface area (TPSA) is 72.9 Å². The number of fused-ring (bicyclic) bond motifs is 1. The lowest BCUT2D eigenvalue weighted by atomic mass is 10.1. The summed E-state index contributed by atoms with van der Waals surface area (Å²) in [6.45, 7) is 5.58. The maximum Gasteiger partial charge on any atom is 0.261 e. The molecule has 0 bridgehead atoms. The quantitative estimate of drug-likeness (QED) is 0.802. The minimum atomic E-state index is -0.00192. The molecule has 2 heterocycles. The smallest absolute Gasteiger partial charge is 0.261 e. The average Bonchev–Trinajstić information content (AvgIpc) is 2.95. The number of carbonyl (C=O) groups is 1. The molecular formula is C14H22N4OS. The average molecular weight is 294 g/mol. The Labute approximate surface area is 123 Å². The standard InChI is InChI=1S/C14H22N4OS/c1-9(2)12-10-8-11(20-14(10)18(3)17-12)13(19)16-7-5-4-6-15/h8-9H,4-7,15H2,1-3H3,(H,16,19). The Morgan fingerprint density at radius 3 is 2.90 bits per heavy atom. The Bertz CT molecular complexity index is 600. The first-order valence-corrected chi connectivity index (χ1v) is 7.81. The molecule has 0 aromatic carbocycles. The Balaban J connectivity index is 2.15. The van der Waals surface area contributed by atoms with E-state index in [1.54, 1.807) is 0 Å². The van der Waals surface area contributed by atoms with E-state index in [0.717, 1.165) is 33.6 Å². The van der Waals surface area contributed by atoms with E-state index in [2.05, 4.69) is 24.3 Å². The summed E-state index contributed by atoms with van der Waals surface area (Å²) in [5.41, 5.74) is 6.49. The van der Waals surface area contributed by atoms with Crippen LogP contribution in [0.5, 0.6) is 0 Å². The predicted octanol–water partition coefficient (Wildman–Crippen LogP) is 2.23. The van der Waals surface area contributed by atoms with E-state index in [1.807, 2.05) is 17.8 Å². The maximum atomic E-state index is 12.1. The fourth-order valence-corrected chi connectivity index (χ4v) is 3.16. The van der Waals surface area contributed by atoms with Gasteiger partial charge in [-0.25, -0.2) is 0 Å². The number of unbranched alkanes of at least 4 members (excludes halogenated alkanes) is 1. The highest BCUT2D eigenvalue weighted by molar-refractivity contribution is 7.20. The van der Waals surface area contributed by atoms with Crippen LogP contribution in [0.4, 0.5) is 0 Å². The van der Waals surface area contributed by atoms with E-state index in [1.165, 1.54) is 11.3 Å². The molecule has 0 saturated carbocycles. The second-order valence-electron chi connectivity index (χ2n) is 5.24. The number of rotatable bonds is 6. The van der Waals surface area contributed by atoms with Gasteiger partial charge in [0, 0.05) is 19.0 Å². The summed E-state index contributed by atoms with van der Waals surface area (Å²) in [5.74, 6) is 0.353. The van der Waals surface area contributed by atoms with Crippen molar-refractivity contribution >= 4 is 27.5 Å². The van der Waals surface area contributed by atoms with E-state index in [0.29, 0.717) is 19.0 Å². The van der Waals surface area contributed by atoms with Gasteiger partial charge in [-0.3, -0.25) is 9.48 Å². The molecule has 6 heteroatoms. The van der Waals surface area contributed by atoms with E-state index < -0.39 is 0 Å². The fourth-order valence-electron chi connectivity index (χ4n) is 2.16. The van der Waals surface area contributed by atoms with Gasteiger partial charge in [-0.05, 0) is 31.4 Å². The number of hydrogen-bond donors (Lipinski definition) is 2. The third-order valence-electron chi connectivity index (χ3n) is 3.23. The van der Waals surface area contributed by atoms with Gasteiger partial charge in [0.25, 0.3) is 5.91 Å². The zero-order valence-corrected chi connectivity index (χ0v) is 13.1. The zero-order chi connectivity index (χ0) is 14.7. The van der Waals surface area contributed by atoms with E-state index in [-0.39, 0.29) is 5.91 Å². The molecule has 5 nitrogen and oxygen atoms in total. The molecule has 3 N–H and O–H groups in total. The summed E-state index contributed by atoms with van der Waals surface area (Å²) in [5, 5.41) is 8.55. The van der Waals surface area contributed by atoms with E-state index in [9.17, 15) is 4.79 Å². The lowest BCUT2D eigenvalue weighted by molar-refractivity contribution is 0.0957. The molecule has 1 amide bonds. The third kappa shape index (κ3) is 3.02. The minimum Gasteiger partial charge on any atom is -0.351 e. The predicted molar refractivity (Wildman–Crippen MR) is 83.3 cm³/mol. The molecule has 0 radical (unpaired) electrons. The van der Waals surface area contributed by atoms with Crippen molar-refractivity contribution in [1.82, 2.24) is 15.1 Å². The number of aryl methyl sites for hydroxylation is 1. The van der Waals surface area contributed by atoms with Crippen LogP contribution in [0.15, 0.2) is 6.07 Å². The summed E-state index contributed by atoms with van der Waals surface area (Å²) in [4.78, 5) is 13.9. The Hall–Kier alpha value is -1.40. The van der Waals surface area contributed by atoms with Crippen LogP contribution in [-0.2, 0) is 7.05 Å². The largest absolute Gasteiger partial charge is 0.351 e. The Kier molecular flexibility index (Phi) is 4.77. The first-order chi connectivity index (χ1) is 9.54. The highest BCUT2D eigenvalue weighted by Crippen LogP contribution is 2.31. The Morgan fingerprint density at radius 2 is 2.25 bits per heavy atom. The Morgan fingerprint density at radius 1 is 1.50 bits per heavy atom. The zero-order valence-electron chi connectivity index (χ0n) is 12.3. The second-order valence-corrected chi connectivity index (χ2v) is 6.28.